The third-order valence-electron chi connectivity index (χ3n) is 3.68. The topological polar surface area (TPSA) is 65.1 Å². The van der Waals surface area contributed by atoms with E-state index in [0.29, 0.717) is 18.6 Å². The van der Waals surface area contributed by atoms with Crippen LogP contribution in [0.3, 0.4) is 0 Å². The summed E-state index contributed by atoms with van der Waals surface area (Å²) in [5.41, 5.74) is 0.734. The van der Waals surface area contributed by atoms with Gasteiger partial charge in [0.1, 0.15) is 17.8 Å². The van der Waals surface area contributed by atoms with Crippen LogP contribution in [0.5, 0.6) is 5.75 Å². The van der Waals surface area contributed by atoms with Gasteiger partial charge in [-0.1, -0.05) is 6.07 Å². The second-order valence-electron chi connectivity index (χ2n) is 4.76. The SMILES string of the molecule is COC(=O)C1CCC(C(=O)OC)N1c1cccc(OC)c1. The molecule has 0 radical (unpaired) electrons. The first-order chi connectivity index (χ1) is 10.1. The maximum Gasteiger partial charge on any atom is 0.328 e. The lowest BCUT2D eigenvalue weighted by molar-refractivity contribution is -0.142. The van der Waals surface area contributed by atoms with Gasteiger partial charge in [-0.05, 0) is 25.0 Å². The van der Waals surface area contributed by atoms with E-state index in [4.69, 9.17) is 14.2 Å². The number of anilines is 1. The summed E-state index contributed by atoms with van der Waals surface area (Å²) in [5.74, 6) is -0.0555. The van der Waals surface area contributed by atoms with Crippen molar-refractivity contribution in [1.29, 1.82) is 0 Å². The van der Waals surface area contributed by atoms with Crippen molar-refractivity contribution in [2.45, 2.75) is 24.9 Å². The molecule has 0 saturated carbocycles. The summed E-state index contributed by atoms with van der Waals surface area (Å²) in [7, 11) is 4.26. The molecule has 1 heterocycles. The van der Waals surface area contributed by atoms with Gasteiger partial charge in [0.15, 0.2) is 0 Å². The first-order valence-corrected chi connectivity index (χ1v) is 6.70. The molecule has 0 bridgehead atoms. The average Bonchev–Trinajstić information content (AvgIpc) is 2.98. The van der Waals surface area contributed by atoms with Crippen molar-refractivity contribution in [3.63, 3.8) is 0 Å². The Morgan fingerprint density at radius 1 is 1.05 bits per heavy atom. The highest BCUT2D eigenvalue weighted by atomic mass is 16.5. The van der Waals surface area contributed by atoms with E-state index < -0.39 is 12.1 Å². The Kier molecular flexibility index (Phi) is 4.67. The number of hydrogen-bond acceptors (Lipinski definition) is 6. The Hall–Kier alpha value is -2.24. The summed E-state index contributed by atoms with van der Waals surface area (Å²) < 4.78 is 14.9. The van der Waals surface area contributed by atoms with Gasteiger partial charge >= 0.3 is 11.9 Å². The predicted octanol–water partition coefficient (Wildman–Crippen LogP) is 1.38. The Labute approximate surface area is 123 Å². The lowest BCUT2D eigenvalue weighted by Gasteiger charge is -2.29. The molecule has 1 aromatic carbocycles. The molecule has 0 aliphatic carbocycles. The van der Waals surface area contributed by atoms with E-state index >= 15 is 0 Å². The van der Waals surface area contributed by atoms with Crippen LogP contribution in [-0.4, -0.2) is 45.4 Å². The van der Waals surface area contributed by atoms with Gasteiger partial charge in [0.2, 0.25) is 0 Å². The van der Waals surface area contributed by atoms with Crippen LogP contribution in [0.25, 0.3) is 0 Å². The van der Waals surface area contributed by atoms with Crippen molar-refractivity contribution in [2.75, 3.05) is 26.2 Å². The van der Waals surface area contributed by atoms with E-state index in [2.05, 4.69) is 0 Å². The first kappa shape index (κ1) is 15.2. The van der Waals surface area contributed by atoms with Gasteiger partial charge in [0, 0.05) is 11.8 Å². The molecular formula is C15H19NO5. The average molecular weight is 293 g/mol. The minimum absolute atomic E-state index is 0.357. The zero-order chi connectivity index (χ0) is 15.4. The highest BCUT2D eigenvalue weighted by molar-refractivity contribution is 5.88. The molecule has 1 aliphatic rings. The van der Waals surface area contributed by atoms with Gasteiger partial charge in [0.25, 0.3) is 0 Å². The van der Waals surface area contributed by atoms with Gasteiger partial charge in [-0.25, -0.2) is 9.59 Å². The van der Waals surface area contributed by atoms with E-state index in [1.807, 2.05) is 12.1 Å². The predicted molar refractivity (Wildman–Crippen MR) is 76.3 cm³/mol. The molecule has 1 aromatic rings. The number of hydrogen-bond donors (Lipinski definition) is 0. The third-order valence-corrected chi connectivity index (χ3v) is 3.68. The fraction of sp³-hybridized carbons (Fsp3) is 0.467. The molecule has 114 valence electrons. The smallest absolute Gasteiger partial charge is 0.328 e. The minimum Gasteiger partial charge on any atom is -0.497 e. The van der Waals surface area contributed by atoms with Crippen molar-refractivity contribution in [3.8, 4) is 5.75 Å². The molecule has 0 aromatic heterocycles. The number of nitrogens with zero attached hydrogens (tertiary/aromatic N) is 1. The minimum atomic E-state index is -0.494. The number of methoxy groups -OCH3 is 3. The number of benzene rings is 1. The Morgan fingerprint density at radius 3 is 2.10 bits per heavy atom. The van der Waals surface area contributed by atoms with Crippen LogP contribution < -0.4 is 9.64 Å². The zero-order valence-corrected chi connectivity index (χ0v) is 12.4. The van der Waals surface area contributed by atoms with Gasteiger partial charge < -0.3 is 19.1 Å². The molecule has 2 unspecified atom stereocenters. The van der Waals surface area contributed by atoms with Gasteiger partial charge in [-0.2, -0.15) is 0 Å². The second kappa shape index (κ2) is 6.47. The molecule has 0 N–H and O–H groups in total. The highest BCUT2D eigenvalue weighted by Crippen LogP contribution is 2.33. The fourth-order valence-corrected chi connectivity index (χ4v) is 2.68. The van der Waals surface area contributed by atoms with Crippen molar-refractivity contribution in [2.24, 2.45) is 0 Å². The molecule has 0 amide bonds. The molecule has 21 heavy (non-hydrogen) atoms. The van der Waals surface area contributed by atoms with Gasteiger partial charge in [-0.15, -0.1) is 0 Å². The number of carbonyl (C=O) groups excluding carboxylic acids is 2. The molecule has 1 fully saturated rings. The van der Waals surface area contributed by atoms with Crippen LogP contribution in [0.2, 0.25) is 0 Å². The van der Waals surface area contributed by atoms with Crippen LogP contribution >= 0.6 is 0 Å². The monoisotopic (exact) mass is 293 g/mol. The summed E-state index contributed by atoms with van der Waals surface area (Å²) >= 11 is 0. The number of carbonyl (C=O) groups is 2. The van der Waals surface area contributed by atoms with Gasteiger partial charge in [-0.3, -0.25) is 0 Å². The van der Waals surface area contributed by atoms with E-state index in [1.54, 1.807) is 24.1 Å². The van der Waals surface area contributed by atoms with Crippen LogP contribution in [0.4, 0.5) is 5.69 Å². The largest absolute Gasteiger partial charge is 0.497 e. The standard InChI is InChI=1S/C15H19NO5/c1-19-11-6-4-5-10(9-11)16-12(14(17)20-2)7-8-13(16)15(18)21-3/h4-6,9,12-13H,7-8H2,1-3H3. The van der Waals surface area contributed by atoms with Crippen molar-refractivity contribution < 1.29 is 23.8 Å². The van der Waals surface area contributed by atoms with E-state index in [-0.39, 0.29) is 11.9 Å². The van der Waals surface area contributed by atoms with Crippen molar-refractivity contribution >= 4 is 17.6 Å². The van der Waals surface area contributed by atoms with E-state index in [0.717, 1.165) is 5.69 Å². The Morgan fingerprint density at radius 2 is 1.62 bits per heavy atom. The summed E-state index contributed by atoms with van der Waals surface area (Å²) in [6.07, 6.45) is 1.09. The maximum atomic E-state index is 12.0. The summed E-state index contributed by atoms with van der Waals surface area (Å²) in [6, 6.07) is 6.25. The van der Waals surface area contributed by atoms with E-state index in [1.165, 1.54) is 14.2 Å². The first-order valence-electron chi connectivity index (χ1n) is 6.70. The molecular weight excluding hydrogens is 274 g/mol. The molecule has 2 rings (SSSR count). The third kappa shape index (κ3) is 2.94. The lowest BCUT2D eigenvalue weighted by atomic mass is 10.2. The summed E-state index contributed by atoms with van der Waals surface area (Å²) in [4.78, 5) is 25.7. The molecule has 2 atom stereocenters. The maximum absolute atomic E-state index is 12.0. The summed E-state index contributed by atoms with van der Waals surface area (Å²) in [5, 5.41) is 0. The van der Waals surface area contributed by atoms with Crippen LogP contribution in [-0.2, 0) is 19.1 Å². The number of rotatable bonds is 4. The zero-order valence-electron chi connectivity index (χ0n) is 12.4. The van der Waals surface area contributed by atoms with Crippen molar-refractivity contribution in [3.05, 3.63) is 24.3 Å². The Balaban J connectivity index is 2.39. The summed E-state index contributed by atoms with van der Waals surface area (Å²) in [6.45, 7) is 0. The van der Waals surface area contributed by atoms with Crippen LogP contribution in [0.15, 0.2) is 24.3 Å². The number of esters is 2. The molecule has 0 spiro atoms. The molecule has 1 aliphatic heterocycles. The normalized spacial score (nSPS) is 21.0. The van der Waals surface area contributed by atoms with E-state index in [9.17, 15) is 9.59 Å². The fourth-order valence-electron chi connectivity index (χ4n) is 2.68. The van der Waals surface area contributed by atoms with Gasteiger partial charge in [0.05, 0.1) is 21.3 Å². The lowest BCUT2D eigenvalue weighted by Crippen LogP contribution is -2.45. The van der Waals surface area contributed by atoms with Crippen LogP contribution in [0, 0.1) is 0 Å². The van der Waals surface area contributed by atoms with Crippen molar-refractivity contribution in [1.82, 2.24) is 0 Å². The molecule has 6 heteroatoms. The van der Waals surface area contributed by atoms with Crippen LogP contribution in [0.1, 0.15) is 12.8 Å². The number of ether oxygens (including phenoxy) is 3. The highest BCUT2D eigenvalue weighted by Gasteiger charge is 2.42. The molecule has 6 nitrogen and oxygen atoms in total. The Bertz CT molecular complexity index is 507. The molecule has 1 saturated heterocycles. The second-order valence-corrected chi connectivity index (χ2v) is 4.76. The quantitative estimate of drug-likeness (QED) is 0.781.